The minimum Gasteiger partial charge on any atom is -0.321 e. The predicted octanol–water partition coefficient (Wildman–Crippen LogP) is 6.78. The van der Waals surface area contributed by atoms with E-state index in [1.54, 1.807) is 30.6 Å². The number of H-pyrrole nitrogens is 1. The minimum atomic E-state index is -0.405. The number of para-hydroxylation sites is 1. The number of aromatic amines is 1. The Bertz CT molecular complexity index is 1790. The molecule has 6 rings (SSSR count). The first-order valence-corrected chi connectivity index (χ1v) is 12.5. The van der Waals surface area contributed by atoms with Crippen LogP contribution in [0.5, 0.6) is 0 Å². The summed E-state index contributed by atoms with van der Waals surface area (Å²) in [7, 11) is 0. The molecule has 0 fully saturated rings. The molecule has 6 nitrogen and oxygen atoms in total. The molecular weight excluding hydrogens is 509 g/mol. The molecule has 0 unspecified atom stereocenters. The van der Waals surface area contributed by atoms with Gasteiger partial charge in [-0.25, -0.2) is 4.39 Å². The number of benzene rings is 3. The van der Waals surface area contributed by atoms with Gasteiger partial charge in [-0.15, -0.1) is 10.2 Å². The molecule has 3 heterocycles. The maximum absolute atomic E-state index is 14.4. The molecule has 0 aliphatic rings. The smallest absolute Gasteiger partial charge is 0.263 e. The van der Waals surface area contributed by atoms with E-state index in [1.165, 1.54) is 23.9 Å². The molecule has 0 radical (unpaired) electrons. The second-order valence-electron chi connectivity index (χ2n) is 8.17. The third-order valence-corrected chi connectivity index (χ3v) is 7.14. The van der Waals surface area contributed by atoms with Gasteiger partial charge in [-0.3, -0.25) is 14.3 Å². The molecule has 37 heavy (non-hydrogen) atoms. The van der Waals surface area contributed by atoms with Gasteiger partial charge in [0.25, 0.3) is 5.56 Å². The minimum absolute atomic E-state index is 0.317. The van der Waals surface area contributed by atoms with Gasteiger partial charge in [0.05, 0.1) is 4.90 Å². The van der Waals surface area contributed by atoms with Crippen LogP contribution in [-0.4, -0.2) is 24.7 Å². The topological polar surface area (TPSA) is 76.5 Å². The molecule has 0 saturated heterocycles. The zero-order chi connectivity index (χ0) is 25.4. The van der Waals surface area contributed by atoms with E-state index in [0.29, 0.717) is 37.4 Å². The van der Waals surface area contributed by atoms with Crippen molar-refractivity contribution >= 4 is 34.3 Å². The van der Waals surface area contributed by atoms with Crippen molar-refractivity contribution in [2.24, 2.45) is 0 Å². The van der Waals surface area contributed by atoms with E-state index in [0.717, 1.165) is 16.8 Å². The number of pyridine rings is 2. The maximum Gasteiger partial charge on any atom is 0.263 e. The Hall–Kier alpha value is -4.27. The molecule has 0 aliphatic carbocycles. The molecule has 3 aromatic carbocycles. The molecule has 1 N–H and O–H groups in total. The van der Waals surface area contributed by atoms with Crippen LogP contribution in [-0.2, 0) is 0 Å². The van der Waals surface area contributed by atoms with Gasteiger partial charge in [-0.2, -0.15) is 0 Å². The van der Waals surface area contributed by atoms with Crippen LogP contribution in [0.15, 0.2) is 112 Å². The second-order valence-corrected chi connectivity index (χ2v) is 9.58. The average molecular weight is 526 g/mol. The molecule has 0 bridgehead atoms. The van der Waals surface area contributed by atoms with Gasteiger partial charge in [0.2, 0.25) is 5.16 Å². The Balaban J connectivity index is 1.60. The summed E-state index contributed by atoms with van der Waals surface area (Å²) in [6.45, 7) is 0. The molecule has 180 valence electrons. The van der Waals surface area contributed by atoms with E-state index < -0.39 is 5.82 Å². The third-order valence-electron chi connectivity index (χ3n) is 5.84. The van der Waals surface area contributed by atoms with Gasteiger partial charge >= 0.3 is 0 Å². The van der Waals surface area contributed by atoms with E-state index in [1.807, 2.05) is 59.2 Å². The van der Waals surface area contributed by atoms with Crippen LogP contribution in [0.3, 0.4) is 0 Å². The lowest BCUT2D eigenvalue weighted by Gasteiger charge is -2.14. The van der Waals surface area contributed by atoms with Crippen LogP contribution in [0.1, 0.15) is 0 Å². The van der Waals surface area contributed by atoms with Crippen molar-refractivity contribution in [2.45, 2.75) is 10.1 Å². The van der Waals surface area contributed by atoms with Gasteiger partial charge in [-0.05, 0) is 71.9 Å². The number of hydrogen-bond acceptors (Lipinski definition) is 5. The fourth-order valence-corrected chi connectivity index (χ4v) is 5.32. The number of fused-ring (bicyclic) bond motifs is 1. The molecule has 0 amide bonds. The van der Waals surface area contributed by atoms with Crippen molar-refractivity contribution in [1.82, 2.24) is 24.7 Å². The second kappa shape index (κ2) is 9.65. The lowest BCUT2D eigenvalue weighted by Crippen LogP contribution is -2.11. The first-order valence-electron chi connectivity index (χ1n) is 11.3. The van der Waals surface area contributed by atoms with Crippen LogP contribution in [0, 0.1) is 5.82 Å². The standard InChI is InChI=1S/C28H17ClFN5OS/c29-19-8-6-17(7-9-19)24-22-16-20(30)10-11-23(22)32-27(36)25(24)37-28-34-33-26(18-12-14-31-15-13-18)35(28)21-4-2-1-3-5-21/h1-16H,(H,32,36). The van der Waals surface area contributed by atoms with Crippen LogP contribution >= 0.6 is 23.4 Å². The van der Waals surface area contributed by atoms with Crippen molar-refractivity contribution in [3.8, 4) is 28.2 Å². The first kappa shape index (κ1) is 23.1. The Morgan fingerprint density at radius 1 is 0.865 bits per heavy atom. The molecule has 0 aliphatic heterocycles. The van der Waals surface area contributed by atoms with Crippen molar-refractivity contribution in [1.29, 1.82) is 0 Å². The highest BCUT2D eigenvalue weighted by Gasteiger charge is 2.22. The van der Waals surface area contributed by atoms with Gasteiger partial charge < -0.3 is 4.98 Å². The molecule has 9 heteroatoms. The first-order chi connectivity index (χ1) is 18.1. The van der Waals surface area contributed by atoms with Crippen molar-refractivity contribution in [2.75, 3.05) is 0 Å². The molecule has 0 spiro atoms. The fraction of sp³-hybridized carbons (Fsp3) is 0. The van der Waals surface area contributed by atoms with E-state index in [4.69, 9.17) is 11.6 Å². The van der Waals surface area contributed by atoms with Crippen LogP contribution < -0.4 is 5.56 Å². The summed E-state index contributed by atoms with van der Waals surface area (Å²) in [5.41, 5.74) is 3.19. The lowest BCUT2D eigenvalue weighted by molar-refractivity contribution is 0.629. The number of rotatable bonds is 5. The number of halogens is 2. The zero-order valence-corrected chi connectivity index (χ0v) is 20.7. The summed E-state index contributed by atoms with van der Waals surface area (Å²) >= 11 is 7.31. The summed E-state index contributed by atoms with van der Waals surface area (Å²) in [5, 5.41) is 10.5. The monoisotopic (exact) mass is 525 g/mol. The highest BCUT2D eigenvalue weighted by atomic mass is 35.5. The van der Waals surface area contributed by atoms with Gasteiger partial charge in [0.15, 0.2) is 5.82 Å². The highest BCUT2D eigenvalue weighted by Crippen LogP contribution is 2.39. The SMILES string of the molecule is O=c1[nH]c2ccc(F)cc2c(-c2ccc(Cl)cc2)c1Sc1nnc(-c2ccncc2)n1-c1ccccc1. The lowest BCUT2D eigenvalue weighted by atomic mass is 10.0. The maximum atomic E-state index is 14.4. The van der Waals surface area contributed by atoms with Gasteiger partial charge in [-0.1, -0.05) is 41.9 Å². The zero-order valence-electron chi connectivity index (χ0n) is 19.1. The third kappa shape index (κ3) is 4.41. The Morgan fingerprint density at radius 3 is 2.38 bits per heavy atom. The Kier molecular flexibility index (Phi) is 6.04. The molecule has 0 atom stereocenters. The van der Waals surface area contributed by atoms with Crippen molar-refractivity contribution in [3.05, 3.63) is 119 Å². The van der Waals surface area contributed by atoms with Gasteiger partial charge in [0, 0.05) is 45.1 Å². The van der Waals surface area contributed by atoms with E-state index >= 15 is 0 Å². The van der Waals surface area contributed by atoms with E-state index in [2.05, 4.69) is 20.2 Å². The fourth-order valence-electron chi connectivity index (χ4n) is 4.17. The van der Waals surface area contributed by atoms with E-state index in [-0.39, 0.29) is 5.56 Å². The molecular formula is C28H17ClFN5OS. The summed E-state index contributed by atoms with van der Waals surface area (Å²) < 4.78 is 16.3. The van der Waals surface area contributed by atoms with Crippen molar-refractivity contribution < 1.29 is 4.39 Å². The Morgan fingerprint density at radius 2 is 1.62 bits per heavy atom. The summed E-state index contributed by atoms with van der Waals surface area (Å²) in [5.74, 6) is 0.200. The number of nitrogens with one attached hydrogen (secondary N) is 1. The van der Waals surface area contributed by atoms with Crippen molar-refractivity contribution in [3.63, 3.8) is 0 Å². The summed E-state index contributed by atoms with van der Waals surface area (Å²) in [6.07, 6.45) is 3.38. The summed E-state index contributed by atoms with van der Waals surface area (Å²) in [6, 6.07) is 24.8. The molecule has 3 aromatic heterocycles. The van der Waals surface area contributed by atoms with E-state index in [9.17, 15) is 9.18 Å². The number of hydrogen-bond donors (Lipinski definition) is 1. The van der Waals surface area contributed by atoms with Gasteiger partial charge in [0.1, 0.15) is 5.82 Å². The number of aromatic nitrogens is 5. The number of nitrogens with zero attached hydrogens (tertiary/aromatic N) is 4. The largest absolute Gasteiger partial charge is 0.321 e. The highest BCUT2D eigenvalue weighted by molar-refractivity contribution is 7.99. The molecule has 6 aromatic rings. The van der Waals surface area contributed by atoms with Crippen LogP contribution in [0.25, 0.3) is 39.1 Å². The molecule has 0 saturated carbocycles. The quantitative estimate of drug-likeness (QED) is 0.268. The summed E-state index contributed by atoms with van der Waals surface area (Å²) in [4.78, 5) is 20.8. The normalized spacial score (nSPS) is 11.2. The Labute approximate surface area is 219 Å². The van der Waals surface area contributed by atoms with Crippen LogP contribution in [0.4, 0.5) is 4.39 Å². The average Bonchev–Trinajstić information content (AvgIpc) is 3.35. The van der Waals surface area contributed by atoms with Crippen LogP contribution in [0.2, 0.25) is 5.02 Å². The predicted molar refractivity (Wildman–Crippen MR) is 144 cm³/mol.